The van der Waals surface area contributed by atoms with Gasteiger partial charge in [0.05, 0.1) is 6.42 Å². The molecule has 1 heterocycles. The zero-order valence-electron chi connectivity index (χ0n) is 12.0. The third-order valence-corrected chi connectivity index (χ3v) is 3.82. The van der Waals surface area contributed by atoms with Crippen LogP contribution in [0, 0.1) is 0 Å². The molecule has 0 aromatic heterocycles. The van der Waals surface area contributed by atoms with E-state index in [0.29, 0.717) is 5.56 Å². The minimum atomic E-state index is -4.87. The van der Waals surface area contributed by atoms with Crippen LogP contribution in [0.4, 0.5) is 0 Å². The van der Waals surface area contributed by atoms with Gasteiger partial charge in [-0.2, -0.15) is 8.42 Å². The summed E-state index contributed by atoms with van der Waals surface area (Å²) in [5.41, 5.74) is 0.438. The molecular weight excluding hydrogens is 340 g/mol. The van der Waals surface area contributed by atoms with E-state index in [1.807, 2.05) is 0 Å². The number of ether oxygens (including phenoxy) is 1. The van der Waals surface area contributed by atoms with Crippen LogP contribution in [0.25, 0.3) is 0 Å². The van der Waals surface area contributed by atoms with Crippen molar-refractivity contribution in [1.82, 2.24) is 0 Å². The molecule has 24 heavy (non-hydrogen) atoms. The standard InChI is InChI=1S/C15H12O8S/c16-9-3-1-8(2-4-9)12-7-11(18)15-13(22-12)5-10(17)6-14(15)23-24(19,20)21/h1-6,12,16-17H,7H2,(H,19,20,21). The van der Waals surface area contributed by atoms with E-state index >= 15 is 0 Å². The maximum Gasteiger partial charge on any atom is 0.446 e. The number of fused-ring (bicyclic) bond motifs is 1. The number of hydrogen-bond donors (Lipinski definition) is 3. The summed E-state index contributed by atoms with van der Waals surface area (Å²) >= 11 is 0. The highest BCUT2D eigenvalue weighted by Gasteiger charge is 2.32. The lowest BCUT2D eigenvalue weighted by Gasteiger charge is -2.26. The second-order valence-corrected chi connectivity index (χ2v) is 6.18. The number of phenolic OH excluding ortho intramolecular Hbond substituents is 2. The molecule has 3 rings (SSSR count). The molecule has 0 aliphatic carbocycles. The van der Waals surface area contributed by atoms with Gasteiger partial charge in [-0.1, -0.05) is 12.1 Å². The van der Waals surface area contributed by atoms with E-state index in [0.717, 1.165) is 12.1 Å². The molecule has 8 nitrogen and oxygen atoms in total. The van der Waals surface area contributed by atoms with Crippen LogP contribution >= 0.6 is 0 Å². The van der Waals surface area contributed by atoms with E-state index in [-0.39, 0.29) is 23.5 Å². The third kappa shape index (κ3) is 3.26. The summed E-state index contributed by atoms with van der Waals surface area (Å²) in [5, 5.41) is 19.0. The van der Waals surface area contributed by atoms with Crippen molar-refractivity contribution in [2.75, 3.05) is 0 Å². The van der Waals surface area contributed by atoms with Crippen LogP contribution in [-0.2, 0) is 10.4 Å². The average Bonchev–Trinajstić information content (AvgIpc) is 2.45. The SMILES string of the molecule is O=C1CC(c2ccc(O)cc2)Oc2cc(O)cc(OS(=O)(=O)O)c21. The summed E-state index contributed by atoms with van der Waals surface area (Å²) in [6, 6.07) is 8.08. The molecule has 0 radical (unpaired) electrons. The number of carbonyl (C=O) groups is 1. The van der Waals surface area contributed by atoms with Gasteiger partial charge in [-0.05, 0) is 17.7 Å². The molecule has 0 fully saturated rings. The van der Waals surface area contributed by atoms with Gasteiger partial charge in [0.1, 0.15) is 28.9 Å². The second-order valence-electron chi connectivity index (χ2n) is 5.15. The van der Waals surface area contributed by atoms with Gasteiger partial charge in [0, 0.05) is 12.1 Å². The lowest BCUT2D eigenvalue weighted by atomic mass is 9.95. The normalized spacial score (nSPS) is 17.0. The second kappa shape index (κ2) is 5.69. The van der Waals surface area contributed by atoms with E-state index in [4.69, 9.17) is 9.29 Å². The Bertz CT molecular complexity index is 902. The summed E-state index contributed by atoms with van der Waals surface area (Å²) in [4.78, 5) is 12.4. The minimum absolute atomic E-state index is 0.0581. The van der Waals surface area contributed by atoms with Gasteiger partial charge in [0.15, 0.2) is 11.5 Å². The summed E-state index contributed by atoms with van der Waals surface area (Å²) in [6.45, 7) is 0. The maximum absolute atomic E-state index is 12.4. The zero-order chi connectivity index (χ0) is 17.5. The van der Waals surface area contributed by atoms with E-state index in [2.05, 4.69) is 4.18 Å². The number of benzene rings is 2. The van der Waals surface area contributed by atoms with Crippen LogP contribution in [0.1, 0.15) is 28.4 Å². The third-order valence-electron chi connectivity index (χ3n) is 3.43. The van der Waals surface area contributed by atoms with Gasteiger partial charge in [0.25, 0.3) is 0 Å². The average molecular weight is 352 g/mol. The molecule has 0 bridgehead atoms. The smallest absolute Gasteiger partial charge is 0.446 e. The van der Waals surface area contributed by atoms with Gasteiger partial charge in [-0.15, -0.1) is 0 Å². The molecular formula is C15H12O8S. The van der Waals surface area contributed by atoms with Crippen molar-refractivity contribution in [3.05, 3.63) is 47.5 Å². The lowest BCUT2D eigenvalue weighted by Crippen LogP contribution is -2.22. The Kier molecular flexibility index (Phi) is 3.82. The highest BCUT2D eigenvalue weighted by molar-refractivity contribution is 7.81. The van der Waals surface area contributed by atoms with E-state index in [1.54, 1.807) is 12.1 Å². The predicted molar refractivity (Wildman–Crippen MR) is 80.7 cm³/mol. The first-order valence-electron chi connectivity index (χ1n) is 6.75. The Balaban J connectivity index is 2.02. The van der Waals surface area contributed by atoms with Crippen molar-refractivity contribution in [1.29, 1.82) is 0 Å². The van der Waals surface area contributed by atoms with Crippen molar-refractivity contribution in [3.8, 4) is 23.0 Å². The monoisotopic (exact) mass is 352 g/mol. The molecule has 2 aromatic carbocycles. The minimum Gasteiger partial charge on any atom is -0.508 e. The Labute approximate surface area is 136 Å². The van der Waals surface area contributed by atoms with Crippen LogP contribution in [0.5, 0.6) is 23.0 Å². The largest absolute Gasteiger partial charge is 0.508 e. The first-order valence-corrected chi connectivity index (χ1v) is 8.12. The van der Waals surface area contributed by atoms with Crippen molar-refractivity contribution in [3.63, 3.8) is 0 Å². The van der Waals surface area contributed by atoms with Crippen molar-refractivity contribution < 1.29 is 36.9 Å². The number of aromatic hydroxyl groups is 2. The van der Waals surface area contributed by atoms with Crippen LogP contribution in [0.2, 0.25) is 0 Å². The molecule has 126 valence electrons. The molecule has 0 saturated carbocycles. The molecule has 0 spiro atoms. The number of phenols is 2. The molecule has 1 aliphatic heterocycles. The molecule has 2 aromatic rings. The maximum atomic E-state index is 12.4. The quantitative estimate of drug-likeness (QED) is 0.715. The van der Waals surface area contributed by atoms with Gasteiger partial charge in [0.2, 0.25) is 0 Å². The van der Waals surface area contributed by atoms with E-state index < -0.39 is 33.8 Å². The van der Waals surface area contributed by atoms with Crippen molar-refractivity contribution in [2.24, 2.45) is 0 Å². The molecule has 1 atom stereocenters. The molecule has 3 N–H and O–H groups in total. The van der Waals surface area contributed by atoms with E-state index in [1.165, 1.54) is 12.1 Å². The Hall–Kier alpha value is -2.78. The summed E-state index contributed by atoms with van der Waals surface area (Å²) in [6.07, 6.45) is -0.782. The number of ketones is 1. The van der Waals surface area contributed by atoms with Crippen LogP contribution < -0.4 is 8.92 Å². The Morgan fingerprint density at radius 3 is 2.38 bits per heavy atom. The highest BCUT2D eigenvalue weighted by Crippen LogP contribution is 2.42. The summed E-state index contributed by atoms with van der Waals surface area (Å²) in [5.74, 6) is -1.40. The number of rotatable bonds is 3. The topological polar surface area (TPSA) is 130 Å². The predicted octanol–water partition coefficient (Wildman–Crippen LogP) is 1.99. The highest BCUT2D eigenvalue weighted by atomic mass is 32.3. The van der Waals surface area contributed by atoms with E-state index in [9.17, 15) is 23.4 Å². The Morgan fingerprint density at radius 2 is 1.75 bits per heavy atom. The molecule has 1 aliphatic rings. The number of Topliss-reactive ketones (excluding diaryl/α,β-unsaturated/α-hetero) is 1. The fraction of sp³-hybridized carbons (Fsp3) is 0.133. The van der Waals surface area contributed by atoms with Gasteiger partial charge >= 0.3 is 10.4 Å². The van der Waals surface area contributed by atoms with Crippen LogP contribution in [0.15, 0.2) is 36.4 Å². The van der Waals surface area contributed by atoms with Crippen LogP contribution in [0.3, 0.4) is 0 Å². The van der Waals surface area contributed by atoms with Crippen LogP contribution in [-0.4, -0.2) is 29.0 Å². The van der Waals surface area contributed by atoms with Gasteiger partial charge in [-0.3, -0.25) is 9.35 Å². The lowest BCUT2D eigenvalue weighted by molar-refractivity contribution is 0.0847. The fourth-order valence-corrected chi connectivity index (χ4v) is 2.82. The molecule has 0 saturated heterocycles. The number of hydrogen-bond acceptors (Lipinski definition) is 7. The van der Waals surface area contributed by atoms with Gasteiger partial charge in [-0.25, -0.2) is 0 Å². The molecule has 1 unspecified atom stereocenters. The molecule has 9 heteroatoms. The summed E-state index contributed by atoms with van der Waals surface area (Å²) < 4.78 is 40.6. The fourth-order valence-electron chi connectivity index (χ4n) is 2.46. The van der Waals surface area contributed by atoms with Crippen molar-refractivity contribution >= 4 is 16.2 Å². The first-order chi connectivity index (χ1) is 11.2. The molecule has 0 amide bonds. The summed E-state index contributed by atoms with van der Waals surface area (Å²) in [7, 11) is -4.87. The number of carbonyl (C=O) groups excluding carboxylic acids is 1. The first kappa shape index (κ1) is 16.1. The van der Waals surface area contributed by atoms with Crippen molar-refractivity contribution in [2.45, 2.75) is 12.5 Å². The van der Waals surface area contributed by atoms with Gasteiger partial charge < -0.3 is 19.1 Å². The zero-order valence-corrected chi connectivity index (χ0v) is 12.9. The Morgan fingerprint density at radius 1 is 1.08 bits per heavy atom.